The zero-order valence-electron chi connectivity index (χ0n) is 22.8. The number of anilines is 1. The summed E-state index contributed by atoms with van der Waals surface area (Å²) in [7, 11) is 1.33. The van der Waals surface area contributed by atoms with Gasteiger partial charge < -0.3 is 4.90 Å². The van der Waals surface area contributed by atoms with E-state index in [-0.39, 0.29) is 29.1 Å². The number of aryl methyl sites for hydroxylation is 1. The molecule has 236 valence electrons. The molecule has 0 spiro atoms. The molecule has 6 nitrogen and oxygen atoms in total. The van der Waals surface area contributed by atoms with Crippen LogP contribution in [0.1, 0.15) is 53.3 Å². The quantitative estimate of drug-likeness (QED) is 0.248. The molecular weight excluding hydrogens is 605 g/mol. The molecule has 1 aliphatic heterocycles. The van der Waals surface area contributed by atoms with Crippen LogP contribution < -0.4 is 4.90 Å². The van der Waals surface area contributed by atoms with Crippen LogP contribution in [-0.4, -0.2) is 44.1 Å². The summed E-state index contributed by atoms with van der Waals surface area (Å²) >= 11 is 0. The van der Waals surface area contributed by atoms with Crippen molar-refractivity contribution in [2.24, 2.45) is 13.0 Å². The normalized spacial score (nSPS) is 16.8. The lowest BCUT2D eigenvalue weighted by atomic mass is 9.87. The van der Waals surface area contributed by atoms with Crippen molar-refractivity contribution in [2.75, 3.05) is 18.0 Å². The first-order valence-corrected chi connectivity index (χ1v) is 12.7. The molecule has 0 bridgehead atoms. The Bertz CT molecular complexity index is 1400. The lowest BCUT2D eigenvalue weighted by Gasteiger charge is -2.46. The molecule has 0 saturated carbocycles. The summed E-state index contributed by atoms with van der Waals surface area (Å²) in [6, 6.07) is 2.87. The molecule has 1 fully saturated rings. The average molecular weight is 631 g/mol. The molecule has 3 aromatic rings. The molecule has 1 aliphatic rings. The van der Waals surface area contributed by atoms with E-state index < -0.39 is 78.9 Å². The van der Waals surface area contributed by atoms with Gasteiger partial charge in [0.25, 0.3) is 11.9 Å². The van der Waals surface area contributed by atoms with Crippen molar-refractivity contribution >= 4 is 5.95 Å². The van der Waals surface area contributed by atoms with Crippen molar-refractivity contribution in [1.29, 1.82) is 0 Å². The SMILES string of the molecule is CC(C)[C@@H](c1ccc(C(F)(F)F)cc1CN(Cc1cc(C(F)(F)F)cc(C(F)(F)F)c1)c1nnn(C)n1)N1CC(F)(F)C1. The summed E-state index contributed by atoms with van der Waals surface area (Å²) in [4.78, 5) is 3.41. The third-order valence-electron chi connectivity index (χ3n) is 6.85. The highest BCUT2D eigenvalue weighted by Crippen LogP contribution is 2.42. The monoisotopic (exact) mass is 630 g/mol. The first-order valence-electron chi connectivity index (χ1n) is 12.7. The van der Waals surface area contributed by atoms with Gasteiger partial charge in [-0.15, -0.1) is 5.10 Å². The Hall–Kier alpha value is -3.50. The minimum atomic E-state index is -5.14. The fourth-order valence-electron chi connectivity index (χ4n) is 5.06. The molecule has 43 heavy (non-hydrogen) atoms. The Morgan fingerprint density at radius 3 is 1.81 bits per heavy atom. The number of nitrogens with zero attached hydrogens (tertiary/aromatic N) is 6. The van der Waals surface area contributed by atoms with E-state index in [9.17, 15) is 48.3 Å². The van der Waals surface area contributed by atoms with Gasteiger partial charge in [0.1, 0.15) is 0 Å². The van der Waals surface area contributed by atoms with E-state index in [1.54, 1.807) is 13.8 Å². The number of likely N-dealkylation sites (tertiary alicyclic amines) is 1. The van der Waals surface area contributed by atoms with Gasteiger partial charge in [0.15, 0.2) is 0 Å². The number of halogens is 11. The fourth-order valence-corrected chi connectivity index (χ4v) is 5.06. The number of hydrogen-bond acceptors (Lipinski definition) is 5. The van der Waals surface area contributed by atoms with Crippen LogP contribution in [0.2, 0.25) is 0 Å². The van der Waals surface area contributed by atoms with Crippen molar-refractivity contribution in [2.45, 2.75) is 57.4 Å². The molecule has 1 saturated heterocycles. The Balaban J connectivity index is 1.83. The highest BCUT2D eigenvalue weighted by Gasteiger charge is 2.48. The molecule has 1 atom stereocenters. The molecule has 2 heterocycles. The van der Waals surface area contributed by atoms with Crippen molar-refractivity contribution in [3.63, 3.8) is 0 Å². The molecule has 17 heteroatoms. The molecular formula is C26H25F11N6. The van der Waals surface area contributed by atoms with Crippen LogP contribution in [0.4, 0.5) is 54.2 Å². The number of hydrogen-bond donors (Lipinski definition) is 0. The van der Waals surface area contributed by atoms with E-state index in [0.29, 0.717) is 12.1 Å². The fraction of sp³-hybridized carbons (Fsp3) is 0.500. The lowest BCUT2D eigenvalue weighted by molar-refractivity contribution is -0.152. The summed E-state index contributed by atoms with van der Waals surface area (Å²) in [6.45, 7) is 0.864. The van der Waals surface area contributed by atoms with E-state index in [0.717, 1.165) is 27.9 Å². The van der Waals surface area contributed by atoms with Gasteiger partial charge in [0, 0.05) is 19.1 Å². The second-order valence-electron chi connectivity index (χ2n) is 10.7. The van der Waals surface area contributed by atoms with Crippen LogP contribution in [-0.2, 0) is 38.7 Å². The smallest absolute Gasteiger partial charge is 0.330 e. The summed E-state index contributed by atoms with van der Waals surface area (Å²) < 4.78 is 150. The van der Waals surface area contributed by atoms with Crippen LogP contribution in [0.15, 0.2) is 36.4 Å². The molecule has 1 aromatic heterocycles. The standard InChI is InChI=1S/C26H25F11N6/c1-14(2)21(43-12-23(27,28)13-43)20-5-4-17(24(29,30)31)8-16(20)11-42(22-38-40-41(3)39-22)10-15-6-18(25(32,33)34)9-19(7-15)26(35,36)37/h4-9,14,21H,10-13H2,1-3H3/t21-/m0/s1. The Morgan fingerprint density at radius 2 is 1.37 bits per heavy atom. The van der Waals surface area contributed by atoms with E-state index in [2.05, 4.69) is 15.4 Å². The number of alkyl halides is 11. The van der Waals surface area contributed by atoms with Crippen molar-refractivity contribution < 1.29 is 48.3 Å². The molecule has 2 aromatic carbocycles. The highest BCUT2D eigenvalue weighted by atomic mass is 19.4. The topological polar surface area (TPSA) is 50.1 Å². The third kappa shape index (κ3) is 7.54. The number of rotatable bonds is 8. The second-order valence-corrected chi connectivity index (χ2v) is 10.7. The summed E-state index contributed by atoms with van der Waals surface area (Å²) in [6.07, 6.45) is -15.1. The lowest BCUT2D eigenvalue weighted by Crippen LogP contribution is -2.58. The van der Waals surface area contributed by atoms with Crippen molar-refractivity contribution in [3.05, 3.63) is 69.8 Å². The largest absolute Gasteiger partial charge is 0.416 e. The number of benzene rings is 2. The zero-order chi connectivity index (χ0) is 32.1. The van der Waals surface area contributed by atoms with Crippen LogP contribution >= 0.6 is 0 Å². The van der Waals surface area contributed by atoms with Gasteiger partial charge in [-0.2, -0.15) is 44.3 Å². The van der Waals surface area contributed by atoms with Gasteiger partial charge in [-0.05, 0) is 58.2 Å². The van der Waals surface area contributed by atoms with Gasteiger partial charge in [0.05, 0.1) is 36.8 Å². The van der Waals surface area contributed by atoms with Crippen LogP contribution in [0, 0.1) is 5.92 Å². The van der Waals surface area contributed by atoms with Crippen LogP contribution in [0.25, 0.3) is 0 Å². The third-order valence-corrected chi connectivity index (χ3v) is 6.85. The maximum absolute atomic E-state index is 13.8. The van der Waals surface area contributed by atoms with Gasteiger partial charge in [-0.1, -0.05) is 25.0 Å². The van der Waals surface area contributed by atoms with Gasteiger partial charge in [-0.25, -0.2) is 8.78 Å². The van der Waals surface area contributed by atoms with E-state index in [4.69, 9.17) is 0 Å². The molecule has 0 unspecified atom stereocenters. The minimum absolute atomic E-state index is 0.0462. The minimum Gasteiger partial charge on any atom is -0.330 e. The van der Waals surface area contributed by atoms with Crippen molar-refractivity contribution in [1.82, 2.24) is 25.1 Å². The second kappa shape index (κ2) is 11.2. The Morgan fingerprint density at radius 1 is 0.814 bits per heavy atom. The van der Waals surface area contributed by atoms with E-state index in [1.165, 1.54) is 11.9 Å². The van der Waals surface area contributed by atoms with Crippen LogP contribution in [0.5, 0.6) is 0 Å². The molecule has 0 amide bonds. The van der Waals surface area contributed by atoms with E-state index in [1.807, 2.05) is 0 Å². The van der Waals surface area contributed by atoms with Gasteiger partial charge >= 0.3 is 18.5 Å². The molecule has 4 rings (SSSR count). The molecule has 0 radical (unpaired) electrons. The molecule has 0 aliphatic carbocycles. The van der Waals surface area contributed by atoms with Crippen molar-refractivity contribution in [3.8, 4) is 0 Å². The maximum atomic E-state index is 13.8. The summed E-state index contributed by atoms with van der Waals surface area (Å²) in [5.41, 5.74) is -4.56. The van der Waals surface area contributed by atoms with Gasteiger partial charge in [-0.3, -0.25) is 4.90 Å². The average Bonchev–Trinajstić information content (AvgIpc) is 3.27. The Kier molecular flexibility index (Phi) is 8.45. The van der Waals surface area contributed by atoms with Crippen LogP contribution in [0.3, 0.4) is 0 Å². The predicted octanol–water partition coefficient (Wildman–Crippen LogP) is 7.12. The first-order chi connectivity index (χ1) is 19.6. The zero-order valence-corrected chi connectivity index (χ0v) is 22.8. The van der Waals surface area contributed by atoms with E-state index >= 15 is 0 Å². The molecule has 0 N–H and O–H groups in total. The number of tetrazole rings is 1. The summed E-state index contributed by atoms with van der Waals surface area (Å²) in [5, 5.41) is 11.3. The van der Waals surface area contributed by atoms with Gasteiger partial charge in [0.2, 0.25) is 0 Å². The predicted molar refractivity (Wildman–Crippen MR) is 131 cm³/mol. The Labute approximate surface area is 238 Å². The first kappa shape index (κ1) is 32.4. The number of aromatic nitrogens is 4. The summed E-state index contributed by atoms with van der Waals surface area (Å²) in [5.74, 6) is -3.66. The maximum Gasteiger partial charge on any atom is 0.416 e. The highest BCUT2D eigenvalue weighted by molar-refractivity contribution is 5.42.